The number of aromatic nitrogens is 1. The van der Waals surface area contributed by atoms with E-state index >= 15 is 0 Å². The molecule has 150 valence electrons. The summed E-state index contributed by atoms with van der Waals surface area (Å²) in [6, 6.07) is 15.3. The number of rotatable bonds is 6. The van der Waals surface area contributed by atoms with Crippen LogP contribution in [0.25, 0.3) is 10.9 Å². The Morgan fingerprint density at radius 1 is 1.07 bits per heavy atom. The van der Waals surface area contributed by atoms with Gasteiger partial charge in [0.05, 0.1) is 6.04 Å². The molecule has 4 N–H and O–H groups in total. The number of aromatic amines is 1. The number of pyridine rings is 1. The van der Waals surface area contributed by atoms with Crippen LogP contribution in [0.2, 0.25) is 0 Å². The van der Waals surface area contributed by atoms with Crippen LogP contribution in [0.3, 0.4) is 0 Å². The zero-order chi connectivity index (χ0) is 21.0. The fraction of sp³-hybridized carbons (Fsp3) is 0.227. The zero-order valence-electron chi connectivity index (χ0n) is 16.2. The van der Waals surface area contributed by atoms with E-state index in [9.17, 15) is 19.5 Å². The minimum absolute atomic E-state index is 0.107. The summed E-state index contributed by atoms with van der Waals surface area (Å²) in [5.41, 5.74) is 1.53. The van der Waals surface area contributed by atoms with Gasteiger partial charge in [-0.3, -0.25) is 14.4 Å². The summed E-state index contributed by atoms with van der Waals surface area (Å²) in [7, 11) is 1.41. The van der Waals surface area contributed by atoms with Crippen LogP contribution in [0.5, 0.6) is 0 Å². The highest BCUT2D eigenvalue weighted by molar-refractivity contribution is 5.97. The molecule has 29 heavy (non-hydrogen) atoms. The summed E-state index contributed by atoms with van der Waals surface area (Å²) in [4.78, 5) is 40.5. The van der Waals surface area contributed by atoms with Crippen LogP contribution in [-0.2, 0) is 11.2 Å². The normalized spacial score (nSPS) is 12.9. The van der Waals surface area contributed by atoms with Gasteiger partial charge in [-0.05, 0) is 31.0 Å². The largest absolute Gasteiger partial charge is 0.381 e. The van der Waals surface area contributed by atoms with Crippen molar-refractivity contribution < 1.29 is 14.7 Å². The van der Waals surface area contributed by atoms with Gasteiger partial charge in [0.25, 0.3) is 11.8 Å². The molecule has 0 aliphatic carbocycles. The third-order valence-electron chi connectivity index (χ3n) is 4.89. The topological polar surface area (TPSA) is 111 Å². The van der Waals surface area contributed by atoms with E-state index in [1.54, 1.807) is 31.2 Å². The Balaban J connectivity index is 1.93. The number of aliphatic hydroxyl groups is 1. The molecule has 0 fully saturated rings. The molecular weight excluding hydrogens is 370 g/mol. The molecule has 7 nitrogen and oxygen atoms in total. The average Bonchev–Trinajstić information content (AvgIpc) is 2.75. The molecule has 3 aromatic rings. The number of likely N-dealkylation sites (N-methyl/N-ethyl adjacent to an activating group) is 1. The number of carbonyl (C=O) groups excluding carboxylic acids is 2. The number of para-hydroxylation sites is 1. The van der Waals surface area contributed by atoms with E-state index in [0.717, 1.165) is 5.56 Å². The number of carbonyl (C=O) groups is 2. The van der Waals surface area contributed by atoms with Crippen molar-refractivity contribution in [2.45, 2.75) is 25.5 Å². The van der Waals surface area contributed by atoms with Gasteiger partial charge in [-0.25, -0.2) is 0 Å². The lowest BCUT2D eigenvalue weighted by Gasteiger charge is -2.23. The Kier molecular flexibility index (Phi) is 6.09. The third-order valence-corrected chi connectivity index (χ3v) is 4.89. The van der Waals surface area contributed by atoms with Crippen molar-refractivity contribution in [3.63, 3.8) is 0 Å². The highest BCUT2D eigenvalue weighted by Crippen LogP contribution is 2.13. The molecule has 2 amide bonds. The monoisotopic (exact) mass is 393 g/mol. The lowest BCUT2D eigenvalue weighted by molar-refractivity contribution is -0.130. The smallest absolute Gasteiger partial charge is 0.268 e. The van der Waals surface area contributed by atoms with Gasteiger partial charge in [0, 0.05) is 23.5 Å². The summed E-state index contributed by atoms with van der Waals surface area (Å²) in [5, 5.41) is 16.0. The van der Waals surface area contributed by atoms with E-state index in [2.05, 4.69) is 15.6 Å². The van der Waals surface area contributed by atoms with Gasteiger partial charge in [-0.2, -0.15) is 0 Å². The van der Waals surface area contributed by atoms with Crippen molar-refractivity contribution in [1.29, 1.82) is 0 Å². The summed E-state index contributed by atoms with van der Waals surface area (Å²) < 4.78 is 0. The second-order valence-electron chi connectivity index (χ2n) is 6.83. The molecule has 2 unspecified atom stereocenters. The van der Waals surface area contributed by atoms with Crippen molar-refractivity contribution >= 4 is 22.7 Å². The molecule has 0 aliphatic heterocycles. The highest BCUT2D eigenvalue weighted by Gasteiger charge is 2.28. The van der Waals surface area contributed by atoms with Gasteiger partial charge in [-0.1, -0.05) is 42.5 Å². The summed E-state index contributed by atoms with van der Waals surface area (Å²) in [5.74, 6) is -1.16. The fourth-order valence-electron chi connectivity index (χ4n) is 3.24. The number of fused-ring (bicyclic) bond motifs is 1. The van der Waals surface area contributed by atoms with Crippen molar-refractivity contribution in [3.05, 3.63) is 81.6 Å². The molecule has 2 aromatic carbocycles. The zero-order valence-corrected chi connectivity index (χ0v) is 16.2. The first-order valence-corrected chi connectivity index (χ1v) is 9.28. The van der Waals surface area contributed by atoms with Gasteiger partial charge in [0.1, 0.15) is 5.69 Å². The van der Waals surface area contributed by atoms with Crippen LogP contribution in [0.1, 0.15) is 21.6 Å². The van der Waals surface area contributed by atoms with E-state index in [0.29, 0.717) is 10.9 Å². The van der Waals surface area contributed by atoms with E-state index in [1.165, 1.54) is 7.05 Å². The minimum atomic E-state index is -1.45. The number of hydrogen-bond donors (Lipinski definition) is 4. The Bertz CT molecular complexity index is 1090. The maximum Gasteiger partial charge on any atom is 0.268 e. The number of nitrogens with one attached hydrogen (secondary N) is 3. The predicted octanol–water partition coefficient (Wildman–Crippen LogP) is 1.28. The first-order chi connectivity index (χ1) is 13.9. The predicted molar refractivity (Wildman–Crippen MR) is 111 cm³/mol. The molecule has 0 aliphatic rings. The molecule has 0 bridgehead atoms. The molecule has 0 spiro atoms. The molecule has 1 aromatic heterocycles. The number of benzene rings is 2. The van der Waals surface area contributed by atoms with Crippen molar-refractivity contribution in [2.75, 3.05) is 7.05 Å². The minimum Gasteiger partial charge on any atom is -0.381 e. The van der Waals surface area contributed by atoms with Gasteiger partial charge >= 0.3 is 0 Å². The van der Waals surface area contributed by atoms with E-state index in [-0.39, 0.29) is 23.1 Å². The number of H-pyrrole nitrogens is 1. The molecule has 0 radical (unpaired) electrons. The maximum atomic E-state index is 13.0. The van der Waals surface area contributed by atoms with E-state index in [4.69, 9.17) is 0 Å². The fourth-order valence-corrected chi connectivity index (χ4v) is 3.24. The van der Waals surface area contributed by atoms with Crippen LogP contribution in [0.4, 0.5) is 0 Å². The standard InChI is InChI=1S/C22H23N3O4/c1-13-18(24-16-11-7-6-10-15(16)19(13)26)21(28)25-17(20(27)22(29)23-2)12-14-8-4-3-5-9-14/h3-11,17,20,27H,12H2,1-2H3,(H,23,29)(H,24,26)(H,25,28). The molecule has 2 atom stereocenters. The highest BCUT2D eigenvalue weighted by atomic mass is 16.3. The van der Waals surface area contributed by atoms with Crippen molar-refractivity contribution in [2.24, 2.45) is 0 Å². The molecule has 7 heteroatoms. The SMILES string of the molecule is CNC(=O)C(O)C(Cc1ccccc1)NC(=O)c1[nH]c2ccccc2c(=O)c1C. The number of hydrogen-bond acceptors (Lipinski definition) is 4. The van der Waals surface area contributed by atoms with Crippen LogP contribution in [0, 0.1) is 6.92 Å². The quantitative estimate of drug-likeness (QED) is 0.506. The van der Waals surface area contributed by atoms with Gasteiger partial charge in [-0.15, -0.1) is 0 Å². The van der Waals surface area contributed by atoms with Crippen LogP contribution < -0.4 is 16.1 Å². The van der Waals surface area contributed by atoms with Crippen LogP contribution in [-0.4, -0.2) is 41.1 Å². The molecule has 3 rings (SSSR count). The third kappa shape index (κ3) is 4.35. The van der Waals surface area contributed by atoms with Gasteiger partial charge in [0.2, 0.25) is 0 Å². The molecular formula is C22H23N3O4. The summed E-state index contributed by atoms with van der Waals surface area (Å²) in [6.45, 7) is 1.57. The average molecular weight is 393 g/mol. The van der Waals surface area contributed by atoms with Gasteiger partial charge in [0.15, 0.2) is 11.5 Å². The lowest BCUT2D eigenvalue weighted by Crippen LogP contribution is -2.51. The Morgan fingerprint density at radius 3 is 2.41 bits per heavy atom. The first kappa shape index (κ1) is 20.3. The van der Waals surface area contributed by atoms with Crippen LogP contribution >= 0.6 is 0 Å². The molecule has 0 saturated carbocycles. The lowest BCUT2D eigenvalue weighted by atomic mass is 10.00. The van der Waals surface area contributed by atoms with Gasteiger partial charge < -0.3 is 20.7 Å². The Morgan fingerprint density at radius 2 is 1.72 bits per heavy atom. The summed E-state index contributed by atoms with van der Waals surface area (Å²) in [6.07, 6.45) is -1.20. The number of amides is 2. The maximum absolute atomic E-state index is 13.0. The Hall–Kier alpha value is -3.45. The van der Waals surface area contributed by atoms with E-state index in [1.807, 2.05) is 30.3 Å². The van der Waals surface area contributed by atoms with Crippen molar-refractivity contribution in [1.82, 2.24) is 15.6 Å². The Labute approximate surface area is 167 Å². The molecule has 1 heterocycles. The second-order valence-corrected chi connectivity index (χ2v) is 6.83. The molecule has 0 saturated heterocycles. The first-order valence-electron chi connectivity index (χ1n) is 9.28. The second kappa shape index (κ2) is 8.70. The van der Waals surface area contributed by atoms with Crippen LogP contribution in [0.15, 0.2) is 59.4 Å². The van der Waals surface area contributed by atoms with Crippen molar-refractivity contribution in [3.8, 4) is 0 Å². The summed E-state index contributed by atoms with van der Waals surface area (Å²) >= 11 is 0. The van der Waals surface area contributed by atoms with E-state index < -0.39 is 24.0 Å². The number of aliphatic hydroxyl groups excluding tert-OH is 1.